The maximum Gasteiger partial charge on any atom is 0.224 e. The lowest BCUT2D eigenvalue weighted by Crippen LogP contribution is -2.10. The molecule has 1 aromatic carbocycles. The molecule has 0 aliphatic rings. The fraction of sp³-hybridized carbons (Fsp3) is 0.350. The summed E-state index contributed by atoms with van der Waals surface area (Å²) in [5.41, 5.74) is 2.56. The molecular weight excluding hydrogens is 328 g/mol. The predicted molar refractivity (Wildman–Crippen MR) is 103 cm³/mol. The molecule has 3 aromatic rings. The highest BCUT2D eigenvalue weighted by Gasteiger charge is 2.11. The van der Waals surface area contributed by atoms with Crippen molar-refractivity contribution in [3.8, 4) is 17.1 Å². The number of unbranched alkanes of at least 4 members (excludes halogenated alkanes) is 4. The zero-order chi connectivity index (χ0) is 18.4. The average Bonchev–Trinajstić information content (AvgIpc) is 3.05. The Morgan fingerprint density at radius 1 is 1.19 bits per heavy atom. The van der Waals surface area contributed by atoms with Gasteiger partial charge in [-0.1, -0.05) is 32.6 Å². The Labute approximate surface area is 152 Å². The molecular formula is C20H24N4O2. The van der Waals surface area contributed by atoms with Crippen molar-refractivity contribution in [3.05, 3.63) is 36.5 Å². The van der Waals surface area contributed by atoms with E-state index in [0.29, 0.717) is 29.1 Å². The van der Waals surface area contributed by atoms with E-state index in [9.17, 15) is 9.90 Å². The van der Waals surface area contributed by atoms with Crippen LogP contribution in [0, 0.1) is 0 Å². The number of aromatic nitrogens is 3. The van der Waals surface area contributed by atoms with Crippen LogP contribution in [-0.4, -0.2) is 26.0 Å². The number of carbonyl (C=O) groups excluding carboxylic acids is 1. The Kier molecular flexibility index (Phi) is 5.84. The molecule has 2 heterocycles. The van der Waals surface area contributed by atoms with Gasteiger partial charge in [0.2, 0.25) is 5.91 Å². The molecule has 0 fully saturated rings. The van der Waals surface area contributed by atoms with Crippen LogP contribution in [0.5, 0.6) is 5.75 Å². The van der Waals surface area contributed by atoms with Gasteiger partial charge in [-0.2, -0.15) is 0 Å². The van der Waals surface area contributed by atoms with E-state index >= 15 is 0 Å². The molecule has 0 saturated carbocycles. The number of fused-ring (bicyclic) bond motifs is 1. The first kappa shape index (κ1) is 17.9. The van der Waals surface area contributed by atoms with Gasteiger partial charge in [-0.25, -0.2) is 9.97 Å². The summed E-state index contributed by atoms with van der Waals surface area (Å²) in [7, 11) is 0. The van der Waals surface area contributed by atoms with Crippen LogP contribution in [-0.2, 0) is 4.79 Å². The third kappa shape index (κ3) is 4.39. The number of phenols is 1. The molecule has 6 heteroatoms. The molecule has 3 rings (SSSR count). The fourth-order valence-electron chi connectivity index (χ4n) is 2.89. The number of amides is 1. The van der Waals surface area contributed by atoms with Gasteiger partial charge in [-0.3, -0.25) is 4.79 Å². The molecule has 0 bridgehead atoms. The summed E-state index contributed by atoms with van der Waals surface area (Å²) in [6.45, 7) is 2.17. The van der Waals surface area contributed by atoms with Crippen molar-refractivity contribution in [2.24, 2.45) is 0 Å². The Balaban J connectivity index is 1.63. The first-order valence-electron chi connectivity index (χ1n) is 9.11. The number of nitrogens with zero attached hydrogens (tertiary/aromatic N) is 2. The molecule has 26 heavy (non-hydrogen) atoms. The quantitative estimate of drug-likeness (QED) is 0.516. The summed E-state index contributed by atoms with van der Waals surface area (Å²) in [5, 5.41) is 13.2. The second-order valence-corrected chi connectivity index (χ2v) is 6.40. The van der Waals surface area contributed by atoms with E-state index in [1.807, 2.05) is 12.1 Å². The van der Waals surface area contributed by atoms with Gasteiger partial charge < -0.3 is 15.4 Å². The number of rotatable bonds is 8. The summed E-state index contributed by atoms with van der Waals surface area (Å²) in [5.74, 6) is 0.580. The maximum absolute atomic E-state index is 12.0. The van der Waals surface area contributed by atoms with Gasteiger partial charge in [-0.05, 0) is 30.7 Å². The van der Waals surface area contributed by atoms with Gasteiger partial charge in [-0.15, -0.1) is 0 Å². The van der Waals surface area contributed by atoms with Crippen LogP contribution in [0.1, 0.15) is 45.4 Å². The Hall–Kier alpha value is -2.89. The van der Waals surface area contributed by atoms with Crippen LogP contribution >= 0.6 is 0 Å². The molecule has 0 aliphatic heterocycles. The van der Waals surface area contributed by atoms with Gasteiger partial charge in [0.05, 0.1) is 11.1 Å². The highest BCUT2D eigenvalue weighted by Crippen LogP contribution is 2.30. The predicted octanol–water partition coefficient (Wildman–Crippen LogP) is 4.63. The number of H-pyrrole nitrogens is 1. The third-order valence-electron chi connectivity index (χ3n) is 4.30. The molecule has 0 aliphatic carbocycles. The molecule has 136 valence electrons. The van der Waals surface area contributed by atoms with Crippen molar-refractivity contribution in [2.45, 2.75) is 45.4 Å². The highest BCUT2D eigenvalue weighted by atomic mass is 16.3. The fourth-order valence-corrected chi connectivity index (χ4v) is 2.89. The number of nitrogens with one attached hydrogen (secondary N) is 2. The van der Waals surface area contributed by atoms with Crippen LogP contribution in [0.15, 0.2) is 36.5 Å². The average molecular weight is 352 g/mol. The number of benzene rings is 1. The van der Waals surface area contributed by atoms with Crippen LogP contribution < -0.4 is 5.32 Å². The van der Waals surface area contributed by atoms with Crippen molar-refractivity contribution in [1.29, 1.82) is 0 Å². The molecule has 6 nitrogen and oxygen atoms in total. The largest absolute Gasteiger partial charge is 0.507 e. The zero-order valence-corrected chi connectivity index (χ0v) is 15.0. The van der Waals surface area contributed by atoms with Crippen LogP contribution in [0.25, 0.3) is 22.6 Å². The normalized spacial score (nSPS) is 11.0. The SMILES string of the molecule is CCCCCCCC(=O)Nc1ccc(-c2nc3ncccc3[nH]2)c(O)c1. The molecule has 1 amide bonds. The van der Waals surface area contributed by atoms with Crippen molar-refractivity contribution in [1.82, 2.24) is 15.0 Å². The smallest absolute Gasteiger partial charge is 0.224 e. The Morgan fingerprint density at radius 3 is 2.81 bits per heavy atom. The molecule has 0 spiro atoms. The lowest BCUT2D eigenvalue weighted by molar-refractivity contribution is -0.116. The van der Waals surface area contributed by atoms with Gasteiger partial charge in [0.1, 0.15) is 11.6 Å². The van der Waals surface area contributed by atoms with E-state index < -0.39 is 0 Å². The molecule has 3 N–H and O–H groups in total. The van der Waals surface area contributed by atoms with Crippen molar-refractivity contribution >= 4 is 22.8 Å². The zero-order valence-electron chi connectivity index (χ0n) is 15.0. The van der Waals surface area contributed by atoms with Gasteiger partial charge in [0.15, 0.2) is 5.65 Å². The van der Waals surface area contributed by atoms with E-state index in [2.05, 4.69) is 27.2 Å². The number of pyridine rings is 1. The van der Waals surface area contributed by atoms with Crippen molar-refractivity contribution < 1.29 is 9.90 Å². The number of phenolic OH excluding ortho intramolecular Hbond substituents is 1. The van der Waals surface area contributed by atoms with Crippen LogP contribution in [0.4, 0.5) is 5.69 Å². The first-order valence-corrected chi connectivity index (χ1v) is 9.11. The van der Waals surface area contributed by atoms with E-state index in [0.717, 1.165) is 18.4 Å². The Morgan fingerprint density at radius 2 is 2.04 bits per heavy atom. The second-order valence-electron chi connectivity index (χ2n) is 6.40. The monoisotopic (exact) mass is 352 g/mol. The minimum absolute atomic E-state index is 0.0263. The number of aromatic hydroxyl groups is 1. The van der Waals surface area contributed by atoms with Crippen molar-refractivity contribution in [3.63, 3.8) is 0 Å². The number of imidazole rings is 1. The summed E-state index contributed by atoms with van der Waals surface area (Å²) < 4.78 is 0. The second kappa shape index (κ2) is 8.47. The van der Waals surface area contributed by atoms with Crippen molar-refractivity contribution in [2.75, 3.05) is 5.32 Å². The standard InChI is InChI=1S/C20H24N4O2/c1-2-3-4-5-6-9-18(26)22-14-10-11-15(17(25)13-14)19-23-16-8-7-12-21-20(16)24-19/h7-8,10-13,25H,2-6,9H2,1H3,(H,22,26)(H,21,23,24). The molecule has 0 radical (unpaired) electrons. The van der Waals surface area contributed by atoms with Gasteiger partial charge in [0.25, 0.3) is 0 Å². The number of aromatic amines is 1. The molecule has 0 unspecified atom stereocenters. The Bertz CT molecular complexity index is 855. The van der Waals surface area contributed by atoms with Gasteiger partial charge >= 0.3 is 0 Å². The lowest BCUT2D eigenvalue weighted by atomic mass is 10.1. The van der Waals surface area contributed by atoms with Crippen LogP contribution in [0.2, 0.25) is 0 Å². The summed E-state index contributed by atoms with van der Waals surface area (Å²) in [4.78, 5) is 23.7. The van der Waals surface area contributed by atoms with E-state index in [-0.39, 0.29) is 11.7 Å². The number of hydrogen-bond acceptors (Lipinski definition) is 4. The first-order chi connectivity index (χ1) is 12.7. The number of anilines is 1. The summed E-state index contributed by atoms with van der Waals surface area (Å²) >= 11 is 0. The summed E-state index contributed by atoms with van der Waals surface area (Å²) in [6.07, 6.45) is 7.72. The summed E-state index contributed by atoms with van der Waals surface area (Å²) in [6, 6.07) is 8.76. The number of carbonyl (C=O) groups is 1. The van der Waals surface area contributed by atoms with Gasteiger partial charge in [0, 0.05) is 24.4 Å². The van der Waals surface area contributed by atoms with Crippen LogP contribution in [0.3, 0.4) is 0 Å². The lowest BCUT2D eigenvalue weighted by Gasteiger charge is -2.08. The molecule has 2 aromatic heterocycles. The minimum Gasteiger partial charge on any atom is -0.507 e. The van der Waals surface area contributed by atoms with E-state index in [1.165, 1.54) is 19.3 Å². The molecule has 0 atom stereocenters. The van der Waals surface area contributed by atoms with E-state index in [1.54, 1.807) is 24.4 Å². The topological polar surface area (TPSA) is 90.9 Å². The molecule has 0 saturated heterocycles. The maximum atomic E-state index is 12.0. The highest BCUT2D eigenvalue weighted by molar-refractivity contribution is 5.91. The van der Waals surface area contributed by atoms with E-state index in [4.69, 9.17) is 0 Å². The third-order valence-corrected chi connectivity index (χ3v) is 4.30. The number of hydrogen-bond donors (Lipinski definition) is 3. The minimum atomic E-state index is -0.0263.